The molecule has 0 unspecified atom stereocenters. The van der Waals surface area contributed by atoms with E-state index in [4.69, 9.17) is 27.6 Å². The molecule has 128 valence electrons. The minimum absolute atomic E-state index is 0.00710. The molecule has 1 amide bonds. The van der Waals surface area contributed by atoms with Gasteiger partial charge in [0.15, 0.2) is 0 Å². The topological polar surface area (TPSA) is 77.1 Å². The maximum Gasteiger partial charge on any atom is 0.437 e. The Bertz CT molecular complexity index is 983. The van der Waals surface area contributed by atoms with E-state index in [-0.39, 0.29) is 17.5 Å². The Morgan fingerprint density at radius 1 is 1.16 bits per heavy atom. The van der Waals surface area contributed by atoms with E-state index < -0.39 is 17.5 Å². The molecule has 0 aliphatic carbocycles. The molecule has 0 aliphatic heterocycles. The quantitative estimate of drug-likeness (QED) is 0.748. The smallest absolute Gasteiger partial charge is 0.388 e. The molecule has 0 bridgehead atoms. The second-order valence-corrected chi connectivity index (χ2v) is 5.83. The van der Waals surface area contributed by atoms with Crippen LogP contribution in [0, 0.1) is 5.82 Å². The van der Waals surface area contributed by atoms with Crippen molar-refractivity contribution in [1.29, 1.82) is 0 Å². The highest BCUT2D eigenvalue weighted by Gasteiger charge is 2.14. The first-order valence-corrected chi connectivity index (χ1v) is 7.77. The number of halogens is 3. The van der Waals surface area contributed by atoms with Crippen molar-refractivity contribution < 1.29 is 13.6 Å². The highest BCUT2D eigenvalue weighted by atomic mass is 35.5. The largest absolute Gasteiger partial charge is 0.437 e. The van der Waals surface area contributed by atoms with Crippen LogP contribution in [0.5, 0.6) is 0 Å². The molecule has 1 N–H and O–H groups in total. The van der Waals surface area contributed by atoms with Crippen LogP contribution < -0.4 is 11.1 Å². The molecular weight excluding hydrogens is 372 g/mol. The molecule has 25 heavy (non-hydrogen) atoms. The van der Waals surface area contributed by atoms with Crippen LogP contribution in [0.1, 0.15) is 0 Å². The average Bonchev–Trinajstić information content (AvgIpc) is 2.92. The zero-order valence-corrected chi connectivity index (χ0v) is 14.0. The molecule has 9 heteroatoms. The fourth-order valence-electron chi connectivity index (χ4n) is 2.03. The normalized spacial score (nSPS) is 10.7. The highest BCUT2D eigenvalue weighted by Crippen LogP contribution is 2.25. The summed E-state index contributed by atoms with van der Waals surface area (Å²) in [6, 6.07) is 9.85. The summed E-state index contributed by atoms with van der Waals surface area (Å²) < 4.78 is 18.8. The Hall–Kier alpha value is -2.64. The van der Waals surface area contributed by atoms with Crippen molar-refractivity contribution in [2.75, 3.05) is 5.32 Å². The van der Waals surface area contributed by atoms with Crippen LogP contribution in [-0.4, -0.2) is 15.7 Å². The van der Waals surface area contributed by atoms with Crippen molar-refractivity contribution in [2.45, 2.75) is 6.54 Å². The van der Waals surface area contributed by atoms with Gasteiger partial charge in [0.25, 0.3) is 0 Å². The molecule has 1 aromatic heterocycles. The van der Waals surface area contributed by atoms with Crippen LogP contribution in [0.3, 0.4) is 0 Å². The summed E-state index contributed by atoms with van der Waals surface area (Å²) in [6.07, 6.45) is 0. The number of hydrogen-bond donors (Lipinski definition) is 1. The molecule has 0 atom stereocenters. The third-order valence-corrected chi connectivity index (χ3v) is 3.93. The van der Waals surface area contributed by atoms with E-state index in [9.17, 15) is 14.0 Å². The van der Waals surface area contributed by atoms with Crippen molar-refractivity contribution >= 4 is 34.8 Å². The first kappa shape index (κ1) is 17.2. The van der Waals surface area contributed by atoms with E-state index in [1.54, 1.807) is 6.07 Å². The molecule has 3 aromatic rings. The molecule has 1 heterocycles. The van der Waals surface area contributed by atoms with Crippen LogP contribution in [-0.2, 0) is 11.3 Å². The summed E-state index contributed by atoms with van der Waals surface area (Å²) in [5, 5.41) is 7.15. The van der Waals surface area contributed by atoms with Gasteiger partial charge >= 0.3 is 5.76 Å². The van der Waals surface area contributed by atoms with Crippen LogP contribution in [0.4, 0.5) is 10.1 Å². The first-order chi connectivity index (χ1) is 11.9. The number of amides is 1. The summed E-state index contributed by atoms with van der Waals surface area (Å²) in [7, 11) is 0. The Morgan fingerprint density at radius 3 is 2.56 bits per heavy atom. The molecule has 0 aliphatic rings. The van der Waals surface area contributed by atoms with E-state index in [1.165, 1.54) is 36.4 Å². The maximum absolute atomic E-state index is 12.9. The predicted molar refractivity (Wildman–Crippen MR) is 91.2 cm³/mol. The number of aromatic nitrogens is 2. The minimum Gasteiger partial charge on any atom is -0.388 e. The van der Waals surface area contributed by atoms with Crippen molar-refractivity contribution in [3.05, 3.63) is 68.9 Å². The Morgan fingerprint density at radius 2 is 1.88 bits per heavy atom. The van der Waals surface area contributed by atoms with E-state index in [2.05, 4.69) is 10.4 Å². The van der Waals surface area contributed by atoms with E-state index in [1.807, 2.05) is 0 Å². The van der Waals surface area contributed by atoms with Crippen LogP contribution >= 0.6 is 23.2 Å². The summed E-state index contributed by atoms with van der Waals surface area (Å²) in [4.78, 5) is 23.9. The van der Waals surface area contributed by atoms with Crippen molar-refractivity contribution in [3.8, 4) is 11.5 Å². The van der Waals surface area contributed by atoms with Gasteiger partial charge in [-0.25, -0.2) is 9.18 Å². The second kappa shape index (κ2) is 7.08. The number of benzene rings is 2. The van der Waals surface area contributed by atoms with Crippen molar-refractivity contribution in [3.63, 3.8) is 0 Å². The van der Waals surface area contributed by atoms with Gasteiger partial charge in [0.2, 0.25) is 11.8 Å². The maximum atomic E-state index is 12.9. The summed E-state index contributed by atoms with van der Waals surface area (Å²) in [5.41, 5.74) is 0.844. The zero-order valence-electron chi connectivity index (χ0n) is 12.5. The second-order valence-electron chi connectivity index (χ2n) is 5.01. The lowest BCUT2D eigenvalue weighted by Gasteiger charge is -2.05. The van der Waals surface area contributed by atoms with Crippen LogP contribution in [0.2, 0.25) is 10.0 Å². The molecule has 0 spiro atoms. The summed E-state index contributed by atoms with van der Waals surface area (Å²) in [5.74, 6) is -1.73. The van der Waals surface area contributed by atoms with Crippen LogP contribution in [0.25, 0.3) is 11.5 Å². The number of nitrogens with one attached hydrogen (secondary N) is 1. The number of hydrogen-bond acceptors (Lipinski definition) is 4. The molecule has 6 nitrogen and oxygen atoms in total. The van der Waals surface area contributed by atoms with E-state index in [0.717, 1.165) is 4.68 Å². The van der Waals surface area contributed by atoms with Gasteiger partial charge in [-0.3, -0.25) is 4.79 Å². The number of nitrogens with zero attached hydrogens (tertiary/aromatic N) is 2. The van der Waals surface area contributed by atoms with Gasteiger partial charge in [-0.05, 0) is 42.5 Å². The van der Waals surface area contributed by atoms with Crippen LogP contribution in [0.15, 0.2) is 51.7 Å². The number of carbonyl (C=O) groups excluding carboxylic acids is 1. The predicted octanol–water partition coefficient (Wildman–Crippen LogP) is 3.59. The van der Waals surface area contributed by atoms with Gasteiger partial charge in [0.1, 0.15) is 12.4 Å². The molecule has 0 fully saturated rings. The summed E-state index contributed by atoms with van der Waals surface area (Å²) >= 11 is 11.7. The lowest BCUT2D eigenvalue weighted by atomic mass is 10.2. The first-order valence-electron chi connectivity index (χ1n) is 7.01. The van der Waals surface area contributed by atoms with E-state index in [0.29, 0.717) is 16.3 Å². The average molecular weight is 382 g/mol. The molecular formula is C16H10Cl2FN3O3. The van der Waals surface area contributed by atoms with Gasteiger partial charge < -0.3 is 9.73 Å². The lowest BCUT2D eigenvalue weighted by molar-refractivity contribution is -0.117. The minimum atomic E-state index is -0.802. The van der Waals surface area contributed by atoms with Gasteiger partial charge in [-0.15, -0.1) is 5.10 Å². The standard InChI is InChI=1S/C16H10Cl2FN3O3/c17-12-6-5-11(7-13(12)18)20-14(23)8-22-16(24)25-15(21-22)9-1-3-10(19)4-2-9/h1-7H,8H2,(H,20,23). The fraction of sp³-hybridized carbons (Fsp3) is 0.0625. The third-order valence-electron chi connectivity index (χ3n) is 3.19. The molecule has 3 rings (SSSR count). The van der Waals surface area contributed by atoms with E-state index >= 15 is 0 Å². The Balaban J connectivity index is 1.74. The molecule has 2 aromatic carbocycles. The third kappa shape index (κ3) is 4.07. The summed E-state index contributed by atoms with van der Waals surface area (Å²) in [6.45, 7) is -0.357. The van der Waals surface area contributed by atoms with Gasteiger partial charge in [-0.2, -0.15) is 4.68 Å². The van der Waals surface area contributed by atoms with Crippen molar-refractivity contribution in [1.82, 2.24) is 9.78 Å². The fourth-order valence-corrected chi connectivity index (χ4v) is 2.32. The van der Waals surface area contributed by atoms with Gasteiger partial charge in [-0.1, -0.05) is 23.2 Å². The van der Waals surface area contributed by atoms with Crippen molar-refractivity contribution in [2.24, 2.45) is 0 Å². The molecule has 0 saturated carbocycles. The number of carbonyl (C=O) groups is 1. The molecule has 0 saturated heterocycles. The molecule has 0 radical (unpaired) electrons. The number of rotatable bonds is 4. The highest BCUT2D eigenvalue weighted by molar-refractivity contribution is 6.42. The zero-order chi connectivity index (χ0) is 18.0. The Labute approximate surface area is 150 Å². The Kier molecular flexibility index (Phi) is 4.87. The number of anilines is 1. The van der Waals surface area contributed by atoms with Gasteiger partial charge in [0.05, 0.1) is 10.0 Å². The monoisotopic (exact) mass is 381 g/mol. The van der Waals surface area contributed by atoms with Gasteiger partial charge in [0, 0.05) is 11.3 Å². The lowest BCUT2D eigenvalue weighted by Crippen LogP contribution is -2.25. The SMILES string of the molecule is O=C(Cn1nc(-c2ccc(F)cc2)oc1=O)Nc1ccc(Cl)c(Cl)c1.